The Morgan fingerprint density at radius 2 is 1.60 bits per heavy atom. The van der Waals surface area contributed by atoms with Gasteiger partial charge in [-0.1, -0.05) is 38.5 Å². The van der Waals surface area contributed by atoms with Gasteiger partial charge in [-0.15, -0.1) is 0 Å². The minimum atomic E-state index is -0.478. The number of allylic oxidation sites excluding steroid dienone is 1. The van der Waals surface area contributed by atoms with Crippen molar-refractivity contribution in [1.82, 2.24) is 0 Å². The molecular formula is C17H32O3. The lowest BCUT2D eigenvalue weighted by Crippen LogP contribution is -2.30. The lowest BCUT2D eigenvalue weighted by atomic mass is 9.89. The first-order valence-corrected chi connectivity index (χ1v) is 7.39. The highest BCUT2D eigenvalue weighted by Crippen LogP contribution is 2.22. The zero-order valence-corrected chi connectivity index (χ0v) is 14.1. The molecule has 0 radical (unpaired) electrons. The summed E-state index contributed by atoms with van der Waals surface area (Å²) in [5.41, 5.74) is 2.16. The number of aliphatic hydroxyl groups is 2. The number of ether oxygens (including phenoxy) is 1. The van der Waals surface area contributed by atoms with Gasteiger partial charge in [0, 0.05) is 31.5 Å². The van der Waals surface area contributed by atoms with E-state index in [4.69, 9.17) is 4.74 Å². The van der Waals surface area contributed by atoms with Crippen LogP contribution in [0.3, 0.4) is 0 Å². The van der Waals surface area contributed by atoms with E-state index in [1.807, 2.05) is 34.6 Å². The molecule has 0 aromatic heterocycles. The van der Waals surface area contributed by atoms with Crippen molar-refractivity contribution in [3.05, 3.63) is 23.3 Å². The second-order valence-electron chi connectivity index (χ2n) is 6.18. The van der Waals surface area contributed by atoms with Crippen LogP contribution in [0.2, 0.25) is 0 Å². The van der Waals surface area contributed by atoms with Crippen molar-refractivity contribution in [2.75, 3.05) is 13.7 Å². The van der Waals surface area contributed by atoms with Crippen LogP contribution in [-0.4, -0.2) is 36.1 Å². The van der Waals surface area contributed by atoms with Crippen LogP contribution in [0.5, 0.6) is 0 Å². The Labute approximate surface area is 124 Å². The molecule has 0 unspecified atom stereocenters. The summed E-state index contributed by atoms with van der Waals surface area (Å²) in [5.74, 6) is 0.321. The molecule has 0 saturated heterocycles. The van der Waals surface area contributed by atoms with Crippen molar-refractivity contribution in [2.24, 2.45) is 17.8 Å². The van der Waals surface area contributed by atoms with Crippen molar-refractivity contribution in [3.8, 4) is 0 Å². The van der Waals surface area contributed by atoms with Gasteiger partial charge in [-0.3, -0.25) is 0 Å². The van der Waals surface area contributed by atoms with Crippen LogP contribution in [0.25, 0.3) is 0 Å². The monoisotopic (exact) mass is 284 g/mol. The second-order valence-corrected chi connectivity index (χ2v) is 6.18. The van der Waals surface area contributed by atoms with Crippen LogP contribution in [0.4, 0.5) is 0 Å². The van der Waals surface area contributed by atoms with E-state index in [0.717, 1.165) is 5.57 Å². The van der Waals surface area contributed by atoms with Gasteiger partial charge in [0.05, 0.1) is 12.2 Å². The molecule has 0 bridgehead atoms. The van der Waals surface area contributed by atoms with Gasteiger partial charge in [0.25, 0.3) is 0 Å². The van der Waals surface area contributed by atoms with E-state index >= 15 is 0 Å². The minimum Gasteiger partial charge on any atom is -0.396 e. The summed E-state index contributed by atoms with van der Waals surface area (Å²) in [4.78, 5) is 0. The van der Waals surface area contributed by atoms with Crippen molar-refractivity contribution in [3.63, 3.8) is 0 Å². The Morgan fingerprint density at radius 1 is 1.05 bits per heavy atom. The third-order valence-electron chi connectivity index (χ3n) is 3.73. The first-order chi connectivity index (χ1) is 9.24. The number of rotatable bonds is 8. The Bertz CT molecular complexity index is 329. The van der Waals surface area contributed by atoms with Crippen LogP contribution < -0.4 is 0 Å². The van der Waals surface area contributed by atoms with Crippen molar-refractivity contribution < 1.29 is 14.9 Å². The highest BCUT2D eigenvalue weighted by molar-refractivity contribution is 5.12. The normalized spacial score (nSPS) is 19.9. The van der Waals surface area contributed by atoms with Crippen LogP contribution in [0.15, 0.2) is 23.3 Å². The third kappa shape index (κ3) is 6.21. The maximum atomic E-state index is 10.3. The van der Waals surface area contributed by atoms with Crippen molar-refractivity contribution >= 4 is 0 Å². The molecule has 118 valence electrons. The molecule has 3 heteroatoms. The average molecular weight is 284 g/mol. The zero-order chi connectivity index (χ0) is 15.9. The van der Waals surface area contributed by atoms with E-state index in [1.54, 1.807) is 7.11 Å². The summed E-state index contributed by atoms with van der Waals surface area (Å²) in [7, 11) is 1.67. The molecule has 0 rings (SSSR count). The summed E-state index contributed by atoms with van der Waals surface area (Å²) in [6.07, 6.45) is 3.62. The average Bonchev–Trinajstić information content (AvgIpc) is 2.37. The molecule has 0 aliphatic heterocycles. The van der Waals surface area contributed by atoms with Crippen LogP contribution in [0.1, 0.15) is 41.5 Å². The van der Waals surface area contributed by atoms with E-state index in [-0.39, 0.29) is 30.5 Å². The van der Waals surface area contributed by atoms with E-state index in [1.165, 1.54) is 5.57 Å². The SMILES string of the molecule is CO[C@H]([C@H](C)CO)[C@@H](C)/C=C(\C)[C@H](O)[C@H](C)C=C(C)C. The molecule has 2 N–H and O–H groups in total. The van der Waals surface area contributed by atoms with E-state index in [0.29, 0.717) is 0 Å². The minimum absolute atomic E-state index is 0.0408. The number of methoxy groups -OCH3 is 1. The van der Waals surface area contributed by atoms with Crippen LogP contribution >= 0.6 is 0 Å². The Morgan fingerprint density at radius 3 is 2.00 bits per heavy atom. The molecule has 0 saturated carbocycles. The second kappa shape index (κ2) is 9.32. The molecule has 5 atom stereocenters. The molecule has 0 aliphatic carbocycles. The first kappa shape index (κ1) is 19.4. The van der Waals surface area contributed by atoms with Crippen molar-refractivity contribution in [1.29, 1.82) is 0 Å². The predicted octanol–water partition coefficient (Wildman–Crippen LogP) is 3.18. The van der Waals surface area contributed by atoms with Gasteiger partial charge in [-0.2, -0.15) is 0 Å². The quantitative estimate of drug-likeness (QED) is 0.673. The molecule has 0 aromatic carbocycles. The van der Waals surface area contributed by atoms with E-state index in [2.05, 4.69) is 19.1 Å². The number of hydrogen-bond donors (Lipinski definition) is 2. The topological polar surface area (TPSA) is 49.7 Å². The van der Waals surface area contributed by atoms with Gasteiger partial charge in [-0.25, -0.2) is 0 Å². The fraction of sp³-hybridized carbons (Fsp3) is 0.765. The van der Waals surface area contributed by atoms with E-state index in [9.17, 15) is 10.2 Å². The highest BCUT2D eigenvalue weighted by Gasteiger charge is 2.23. The molecule has 3 nitrogen and oxygen atoms in total. The summed E-state index contributed by atoms with van der Waals surface area (Å²) >= 11 is 0. The Balaban J connectivity index is 4.89. The molecule has 0 aromatic rings. The Hall–Kier alpha value is -0.640. The molecule has 0 fully saturated rings. The largest absolute Gasteiger partial charge is 0.396 e. The Kier molecular flexibility index (Phi) is 9.03. The molecule has 0 heterocycles. The smallest absolute Gasteiger partial charge is 0.0807 e. The lowest BCUT2D eigenvalue weighted by Gasteiger charge is -2.27. The number of aliphatic hydroxyl groups excluding tert-OH is 2. The van der Waals surface area contributed by atoms with Gasteiger partial charge < -0.3 is 14.9 Å². The zero-order valence-electron chi connectivity index (χ0n) is 14.1. The summed E-state index contributed by atoms with van der Waals surface area (Å²) in [6, 6.07) is 0. The van der Waals surface area contributed by atoms with Gasteiger partial charge in [0.1, 0.15) is 0 Å². The maximum Gasteiger partial charge on any atom is 0.0807 e. The van der Waals surface area contributed by atoms with Gasteiger partial charge in [0.2, 0.25) is 0 Å². The molecule has 0 spiro atoms. The van der Waals surface area contributed by atoms with Gasteiger partial charge in [0.15, 0.2) is 0 Å². The third-order valence-corrected chi connectivity index (χ3v) is 3.73. The fourth-order valence-electron chi connectivity index (χ4n) is 2.71. The van der Waals surface area contributed by atoms with E-state index < -0.39 is 6.10 Å². The molecule has 0 amide bonds. The van der Waals surface area contributed by atoms with Crippen LogP contribution in [-0.2, 0) is 4.74 Å². The maximum absolute atomic E-state index is 10.3. The fourth-order valence-corrected chi connectivity index (χ4v) is 2.71. The van der Waals surface area contributed by atoms with Gasteiger partial charge in [-0.05, 0) is 26.3 Å². The van der Waals surface area contributed by atoms with Crippen molar-refractivity contribution in [2.45, 2.75) is 53.8 Å². The molecular weight excluding hydrogens is 252 g/mol. The molecule has 0 aliphatic rings. The standard InChI is InChI=1S/C17H32O3/c1-11(2)8-12(3)16(19)13(4)9-14(5)17(20-7)15(6)10-18/h8-9,12,14-19H,10H2,1-7H3/b13-9+/t12-,14+,15-,16-,17+/m1/s1. The van der Waals surface area contributed by atoms with Gasteiger partial charge >= 0.3 is 0 Å². The lowest BCUT2D eigenvalue weighted by molar-refractivity contribution is 0.0101. The first-order valence-electron chi connectivity index (χ1n) is 7.39. The molecule has 20 heavy (non-hydrogen) atoms. The van der Waals surface area contributed by atoms with Crippen LogP contribution in [0, 0.1) is 17.8 Å². The predicted molar refractivity (Wildman–Crippen MR) is 84.6 cm³/mol. The highest BCUT2D eigenvalue weighted by atomic mass is 16.5. The summed E-state index contributed by atoms with van der Waals surface area (Å²) in [6.45, 7) is 12.2. The summed E-state index contributed by atoms with van der Waals surface area (Å²) in [5, 5.41) is 19.6. The number of hydrogen-bond acceptors (Lipinski definition) is 3. The summed E-state index contributed by atoms with van der Waals surface area (Å²) < 4.78 is 5.47.